The van der Waals surface area contributed by atoms with Crippen LogP contribution in [0.1, 0.15) is 54.9 Å². The third-order valence-electron chi connectivity index (χ3n) is 5.05. The second kappa shape index (κ2) is 7.82. The predicted octanol–water partition coefficient (Wildman–Crippen LogP) is 3.37. The van der Waals surface area contributed by atoms with E-state index in [1.165, 1.54) is 12.8 Å². The van der Waals surface area contributed by atoms with Crippen LogP contribution in [0.4, 0.5) is 5.82 Å². The summed E-state index contributed by atoms with van der Waals surface area (Å²) in [5, 5.41) is 7.23. The Morgan fingerprint density at radius 2 is 1.85 bits per heavy atom. The fourth-order valence-corrected chi connectivity index (χ4v) is 3.65. The van der Waals surface area contributed by atoms with Crippen molar-refractivity contribution in [2.75, 3.05) is 18.5 Å². The number of ether oxygens (including phenoxy) is 2. The molecule has 1 amide bonds. The Bertz CT molecular complexity index is 840. The zero-order valence-corrected chi connectivity index (χ0v) is 15.1. The van der Waals surface area contributed by atoms with Crippen molar-refractivity contribution in [1.82, 2.24) is 9.78 Å². The van der Waals surface area contributed by atoms with E-state index in [1.807, 2.05) is 4.68 Å². The molecular formula is C20H23N3O4. The molecule has 1 saturated carbocycles. The number of amides is 1. The predicted molar refractivity (Wildman–Crippen MR) is 99.4 cm³/mol. The maximum Gasteiger partial charge on any atom is 0.225 e. The molecule has 7 nitrogen and oxygen atoms in total. The van der Waals surface area contributed by atoms with Crippen molar-refractivity contribution >= 4 is 17.5 Å². The topological polar surface area (TPSA) is 82.5 Å². The largest absolute Gasteiger partial charge is 0.486 e. The summed E-state index contributed by atoms with van der Waals surface area (Å²) < 4.78 is 12.9. The van der Waals surface area contributed by atoms with E-state index in [0.29, 0.717) is 42.1 Å². The highest BCUT2D eigenvalue weighted by Gasteiger charge is 2.21. The lowest BCUT2D eigenvalue weighted by Crippen LogP contribution is -2.18. The molecule has 1 aromatic carbocycles. The molecule has 0 atom stereocenters. The van der Waals surface area contributed by atoms with Crippen molar-refractivity contribution in [3.8, 4) is 11.5 Å². The molecule has 2 heterocycles. The number of nitrogens with zero attached hydrogens (tertiary/aromatic N) is 2. The number of nitrogens with one attached hydrogen (secondary N) is 1. The minimum absolute atomic E-state index is 0.0913. The van der Waals surface area contributed by atoms with Gasteiger partial charge in [-0.1, -0.05) is 12.8 Å². The molecular weight excluding hydrogens is 346 g/mol. The van der Waals surface area contributed by atoms with Gasteiger partial charge in [-0.05, 0) is 31.0 Å². The Morgan fingerprint density at radius 1 is 1.07 bits per heavy atom. The highest BCUT2D eigenvalue weighted by molar-refractivity contribution is 6.00. The van der Waals surface area contributed by atoms with Crippen LogP contribution < -0.4 is 14.8 Å². The van der Waals surface area contributed by atoms with E-state index in [1.54, 1.807) is 30.5 Å². The van der Waals surface area contributed by atoms with Gasteiger partial charge < -0.3 is 14.8 Å². The van der Waals surface area contributed by atoms with Crippen LogP contribution in [0.2, 0.25) is 0 Å². The Labute approximate surface area is 157 Å². The number of rotatable bonds is 6. The molecule has 0 unspecified atom stereocenters. The summed E-state index contributed by atoms with van der Waals surface area (Å²) in [4.78, 5) is 24.7. The zero-order valence-electron chi connectivity index (χ0n) is 15.1. The average Bonchev–Trinajstić information content (AvgIpc) is 3.37. The third kappa shape index (κ3) is 3.97. The summed E-state index contributed by atoms with van der Waals surface area (Å²) in [5.41, 5.74) is 0.531. The number of Topliss-reactive ketones (excluding diaryl/α,β-unsaturated/α-hetero) is 1. The number of carbonyl (C=O) groups excluding carboxylic acids is 2. The molecule has 7 heteroatoms. The van der Waals surface area contributed by atoms with Crippen LogP contribution in [0.3, 0.4) is 0 Å². The first-order chi connectivity index (χ1) is 13.2. The van der Waals surface area contributed by atoms with E-state index in [4.69, 9.17) is 9.47 Å². The molecule has 1 aliphatic heterocycles. The fourth-order valence-electron chi connectivity index (χ4n) is 3.65. The molecule has 1 fully saturated rings. The lowest BCUT2D eigenvalue weighted by molar-refractivity contribution is -0.116. The Hall–Kier alpha value is -2.83. The molecule has 27 heavy (non-hydrogen) atoms. The summed E-state index contributed by atoms with van der Waals surface area (Å²) in [5.74, 6) is 1.67. The maximum absolute atomic E-state index is 12.4. The highest BCUT2D eigenvalue weighted by atomic mass is 16.6. The summed E-state index contributed by atoms with van der Waals surface area (Å²) in [7, 11) is 0. The molecule has 1 N–H and O–H groups in total. The van der Waals surface area contributed by atoms with E-state index in [-0.39, 0.29) is 24.5 Å². The minimum atomic E-state index is -0.180. The molecule has 4 rings (SSSR count). The average molecular weight is 369 g/mol. The van der Waals surface area contributed by atoms with Crippen molar-refractivity contribution in [1.29, 1.82) is 0 Å². The summed E-state index contributed by atoms with van der Waals surface area (Å²) in [6, 6.07) is 7.29. The molecule has 2 aliphatic rings. The Balaban J connectivity index is 1.33. The Kier molecular flexibility index (Phi) is 5.09. The maximum atomic E-state index is 12.4. The van der Waals surface area contributed by atoms with Crippen molar-refractivity contribution in [2.45, 2.75) is 44.6 Å². The lowest BCUT2D eigenvalue weighted by atomic mass is 10.1. The molecule has 1 aliphatic carbocycles. The highest BCUT2D eigenvalue weighted by Crippen LogP contribution is 2.32. The second-order valence-electron chi connectivity index (χ2n) is 6.93. The van der Waals surface area contributed by atoms with Crippen molar-refractivity contribution in [3.05, 3.63) is 36.0 Å². The van der Waals surface area contributed by atoms with E-state index in [2.05, 4.69) is 10.4 Å². The normalized spacial score (nSPS) is 16.3. The summed E-state index contributed by atoms with van der Waals surface area (Å²) >= 11 is 0. The van der Waals surface area contributed by atoms with Crippen LogP contribution in [-0.2, 0) is 4.79 Å². The van der Waals surface area contributed by atoms with E-state index >= 15 is 0 Å². The number of fused-ring (bicyclic) bond motifs is 1. The minimum Gasteiger partial charge on any atom is -0.486 e. The number of hydrogen-bond donors (Lipinski definition) is 1. The van der Waals surface area contributed by atoms with Crippen molar-refractivity contribution < 1.29 is 19.1 Å². The number of anilines is 1. The monoisotopic (exact) mass is 369 g/mol. The van der Waals surface area contributed by atoms with Crippen molar-refractivity contribution in [3.63, 3.8) is 0 Å². The van der Waals surface area contributed by atoms with Gasteiger partial charge in [0.1, 0.15) is 19.0 Å². The van der Waals surface area contributed by atoms with Gasteiger partial charge in [-0.3, -0.25) is 9.59 Å². The molecule has 0 saturated heterocycles. The third-order valence-corrected chi connectivity index (χ3v) is 5.05. The smallest absolute Gasteiger partial charge is 0.225 e. The summed E-state index contributed by atoms with van der Waals surface area (Å²) in [6.45, 7) is 0.986. The van der Waals surface area contributed by atoms with Gasteiger partial charge in [0.05, 0.1) is 12.2 Å². The Morgan fingerprint density at radius 3 is 2.67 bits per heavy atom. The molecule has 2 aromatic rings. The summed E-state index contributed by atoms with van der Waals surface area (Å²) in [6.07, 6.45) is 6.55. The van der Waals surface area contributed by atoms with Gasteiger partial charge in [0, 0.05) is 24.5 Å². The van der Waals surface area contributed by atoms with Gasteiger partial charge in [-0.15, -0.1) is 0 Å². The van der Waals surface area contributed by atoms with Gasteiger partial charge in [-0.25, -0.2) is 4.68 Å². The standard InChI is InChI=1S/C20H23N3O4/c24-16(14-5-7-17-18(13-14)27-12-11-26-17)6-8-20(25)22-19-9-10-21-23(19)15-3-1-2-4-15/h5,7,9-10,13,15H,1-4,6,8,11-12H2,(H,22,25). The molecule has 0 spiro atoms. The molecule has 1 aromatic heterocycles. The van der Waals surface area contributed by atoms with Crippen LogP contribution in [0, 0.1) is 0 Å². The van der Waals surface area contributed by atoms with Gasteiger partial charge in [0.25, 0.3) is 0 Å². The van der Waals surface area contributed by atoms with Gasteiger partial charge in [-0.2, -0.15) is 5.10 Å². The molecule has 0 radical (unpaired) electrons. The van der Waals surface area contributed by atoms with E-state index in [0.717, 1.165) is 12.8 Å². The molecule has 0 bridgehead atoms. The van der Waals surface area contributed by atoms with Gasteiger partial charge in [0.15, 0.2) is 17.3 Å². The quantitative estimate of drug-likeness (QED) is 0.790. The molecule has 142 valence electrons. The van der Waals surface area contributed by atoms with Crippen LogP contribution in [0.5, 0.6) is 11.5 Å². The number of carbonyl (C=O) groups is 2. The second-order valence-corrected chi connectivity index (χ2v) is 6.93. The number of benzene rings is 1. The van der Waals surface area contributed by atoms with Crippen LogP contribution in [0.25, 0.3) is 0 Å². The van der Waals surface area contributed by atoms with Gasteiger partial charge in [0.2, 0.25) is 5.91 Å². The van der Waals surface area contributed by atoms with Crippen LogP contribution in [-0.4, -0.2) is 34.7 Å². The number of hydrogen-bond acceptors (Lipinski definition) is 5. The first kappa shape index (κ1) is 17.6. The first-order valence-corrected chi connectivity index (χ1v) is 9.47. The van der Waals surface area contributed by atoms with Crippen LogP contribution in [0.15, 0.2) is 30.5 Å². The lowest BCUT2D eigenvalue weighted by Gasteiger charge is -2.18. The van der Waals surface area contributed by atoms with E-state index in [9.17, 15) is 9.59 Å². The zero-order chi connectivity index (χ0) is 18.6. The van der Waals surface area contributed by atoms with Crippen molar-refractivity contribution in [2.24, 2.45) is 0 Å². The fraction of sp³-hybridized carbons (Fsp3) is 0.450. The number of aromatic nitrogens is 2. The van der Waals surface area contributed by atoms with Crippen LogP contribution >= 0.6 is 0 Å². The van der Waals surface area contributed by atoms with Gasteiger partial charge >= 0.3 is 0 Å². The number of ketones is 1. The van der Waals surface area contributed by atoms with E-state index < -0.39 is 0 Å². The SMILES string of the molecule is O=C(CCC(=O)c1ccc2c(c1)OCCO2)Nc1ccnn1C1CCCC1. The first-order valence-electron chi connectivity index (χ1n) is 9.47.